The second-order valence-corrected chi connectivity index (χ2v) is 15.4. The van der Waals surface area contributed by atoms with Gasteiger partial charge in [-0.25, -0.2) is 15.0 Å². The summed E-state index contributed by atoms with van der Waals surface area (Å²) >= 11 is 0. The fourth-order valence-electron chi connectivity index (χ4n) is 7.11. The molecule has 2 aliphatic rings. The highest BCUT2D eigenvalue weighted by atomic mass is 16.2. The Kier molecular flexibility index (Phi) is 12.4. The maximum absolute atomic E-state index is 11.8. The summed E-state index contributed by atoms with van der Waals surface area (Å²) in [5, 5.41) is 9.67. The average Bonchev–Trinajstić information content (AvgIpc) is 3.17. The third kappa shape index (κ3) is 9.89. The van der Waals surface area contributed by atoms with Gasteiger partial charge in [0.2, 0.25) is 5.91 Å². The van der Waals surface area contributed by atoms with Crippen molar-refractivity contribution in [3.8, 4) is 11.3 Å². The van der Waals surface area contributed by atoms with E-state index in [1.54, 1.807) is 6.33 Å². The molecule has 2 aromatic carbocycles. The summed E-state index contributed by atoms with van der Waals surface area (Å²) in [4.78, 5) is 37.6. The van der Waals surface area contributed by atoms with Crippen molar-refractivity contribution >= 4 is 34.6 Å². The number of piperazine rings is 1. The third-order valence-electron chi connectivity index (χ3n) is 10.3. The van der Waals surface area contributed by atoms with E-state index in [2.05, 4.69) is 124 Å². The van der Waals surface area contributed by atoms with E-state index in [0.29, 0.717) is 18.8 Å². The summed E-state index contributed by atoms with van der Waals surface area (Å²) in [6.07, 6.45) is 7.90. The minimum absolute atomic E-state index is 0.0489. The molecule has 2 fully saturated rings. The van der Waals surface area contributed by atoms with Gasteiger partial charge in [0.25, 0.3) is 0 Å². The Morgan fingerprint density at radius 3 is 2.37 bits per heavy atom. The molecule has 0 radical (unpaired) electrons. The lowest BCUT2D eigenvalue weighted by molar-refractivity contribution is -0.120. The van der Waals surface area contributed by atoms with Crippen LogP contribution in [0.25, 0.3) is 11.3 Å². The summed E-state index contributed by atoms with van der Waals surface area (Å²) in [6.45, 7) is 18.5. The van der Waals surface area contributed by atoms with E-state index in [4.69, 9.17) is 9.98 Å². The number of nitrogens with zero attached hydrogens (tertiary/aromatic N) is 7. The number of hydrogen-bond donors (Lipinski definition) is 3. The van der Waals surface area contributed by atoms with Crippen molar-refractivity contribution in [3.05, 3.63) is 102 Å². The number of hydrogen-bond acceptors (Lipinski definition) is 10. The molecule has 2 aliphatic heterocycles. The zero-order valence-corrected chi connectivity index (χ0v) is 33.0. The van der Waals surface area contributed by atoms with Gasteiger partial charge < -0.3 is 20.4 Å². The van der Waals surface area contributed by atoms with Crippen molar-refractivity contribution in [1.29, 1.82) is 0 Å². The molecule has 284 valence electrons. The number of rotatable bonds is 12. The molecule has 1 amide bonds. The van der Waals surface area contributed by atoms with Crippen molar-refractivity contribution < 1.29 is 4.79 Å². The first-order valence-electron chi connectivity index (χ1n) is 19.1. The Morgan fingerprint density at radius 2 is 1.70 bits per heavy atom. The quantitative estimate of drug-likeness (QED) is 0.137. The van der Waals surface area contributed by atoms with E-state index in [1.165, 1.54) is 16.7 Å². The fourth-order valence-corrected chi connectivity index (χ4v) is 7.11. The molecule has 4 heterocycles. The lowest BCUT2D eigenvalue weighted by Crippen LogP contribution is -2.47. The predicted octanol–water partition coefficient (Wildman–Crippen LogP) is 6.74. The number of aromatic nitrogens is 3. The summed E-state index contributed by atoms with van der Waals surface area (Å²) in [7, 11) is 1.97. The van der Waals surface area contributed by atoms with Gasteiger partial charge in [-0.15, -0.1) is 0 Å². The summed E-state index contributed by atoms with van der Waals surface area (Å²) in [5.41, 5.74) is 9.11. The Bertz CT molecular complexity index is 1940. The van der Waals surface area contributed by atoms with Crippen LogP contribution in [0.1, 0.15) is 57.7 Å². The van der Waals surface area contributed by atoms with E-state index in [1.807, 2.05) is 38.4 Å². The van der Waals surface area contributed by atoms with Crippen LogP contribution in [0.3, 0.4) is 0 Å². The molecule has 2 saturated heterocycles. The van der Waals surface area contributed by atoms with E-state index < -0.39 is 0 Å². The SMILES string of the molecule is C/C=C1\NC(=O)CCN1c1ccc(CCN2CCN(c3ccc(Nc4cc(-c5ccc(C/C(C)=N/C(NC)C(C)(C)C)c(C)c5)ncn4)nc3)CC2)cc1. The molecule has 54 heavy (non-hydrogen) atoms. The second-order valence-electron chi connectivity index (χ2n) is 15.4. The topological polar surface area (TPSA) is 114 Å². The smallest absolute Gasteiger partial charge is 0.227 e. The van der Waals surface area contributed by atoms with Gasteiger partial charge in [0.15, 0.2) is 0 Å². The standard InChI is InChI=1S/C43H56N10O/c1-8-40-50-41(54)18-20-53(40)35-13-9-32(10-14-35)17-19-51-21-23-52(24-22-51)36-15-16-38(45-28-36)49-39-27-37(46-29-47-39)34-12-11-33(30(2)25-34)26-31(3)48-42(44-7)43(4,5)6/h8-16,25,27-29,42,44H,17-24,26H2,1-7H3,(H,50,54)(H,45,46,47,49)/b40-8+,48-31+. The minimum Gasteiger partial charge on any atom is -0.368 e. The van der Waals surface area contributed by atoms with E-state index >= 15 is 0 Å². The molecule has 0 bridgehead atoms. The largest absolute Gasteiger partial charge is 0.368 e. The summed E-state index contributed by atoms with van der Waals surface area (Å²) in [6, 6.07) is 21.4. The van der Waals surface area contributed by atoms with Crippen molar-refractivity contribution in [1.82, 2.24) is 30.5 Å². The van der Waals surface area contributed by atoms with Crippen molar-refractivity contribution in [2.45, 2.75) is 67.0 Å². The van der Waals surface area contributed by atoms with Gasteiger partial charge >= 0.3 is 0 Å². The molecule has 0 aliphatic carbocycles. The predicted molar refractivity (Wildman–Crippen MR) is 222 cm³/mol. The van der Waals surface area contributed by atoms with Crippen molar-refractivity contribution in [2.24, 2.45) is 10.4 Å². The normalized spacial score (nSPS) is 17.1. The van der Waals surface area contributed by atoms with Crippen LogP contribution in [0, 0.1) is 12.3 Å². The summed E-state index contributed by atoms with van der Waals surface area (Å²) < 4.78 is 0. The highest BCUT2D eigenvalue weighted by Gasteiger charge is 2.23. The first-order chi connectivity index (χ1) is 26.0. The Balaban J connectivity index is 0.979. The van der Waals surface area contributed by atoms with Crippen molar-refractivity contribution in [3.63, 3.8) is 0 Å². The molecule has 11 heteroatoms. The number of aliphatic imine (C=N–C) groups is 1. The number of aryl methyl sites for hydroxylation is 1. The highest BCUT2D eigenvalue weighted by molar-refractivity contribution is 5.85. The zero-order valence-electron chi connectivity index (χ0n) is 33.0. The summed E-state index contributed by atoms with van der Waals surface area (Å²) in [5.74, 6) is 2.39. The van der Waals surface area contributed by atoms with Crippen LogP contribution in [0.15, 0.2) is 90.1 Å². The number of carbonyl (C=O) groups is 1. The molecule has 3 N–H and O–H groups in total. The van der Waals surface area contributed by atoms with Gasteiger partial charge in [0, 0.05) is 75.1 Å². The lowest BCUT2D eigenvalue weighted by atomic mass is 9.92. The second kappa shape index (κ2) is 17.3. The van der Waals surface area contributed by atoms with Crippen LogP contribution < -0.4 is 25.8 Å². The first-order valence-corrected chi connectivity index (χ1v) is 19.1. The van der Waals surface area contributed by atoms with Gasteiger partial charge in [-0.1, -0.05) is 45.0 Å². The first kappa shape index (κ1) is 38.6. The Morgan fingerprint density at radius 1 is 0.944 bits per heavy atom. The number of pyridine rings is 1. The molecule has 1 atom stereocenters. The van der Waals surface area contributed by atoms with E-state index in [-0.39, 0.29) is 17.5 Å². The highest BCUT2D eigenvalue weighted by Crippen LogP contribution is 2.26. The van der Waals surface area contributed by atoms with Crippen LogP contribution in [0.5, 0.6) is 0 Å². The van der Waals surface area contributed by atoms with Crippen LogP contribution in [0.2, 0.25) is 0 Å². The number of anilines is 4. The van der Waals surface area contributed by atoms with E-state index in [9.17, 15) is 4.79 Å². The van der Waals surface area contributed by atoms with Crippen molar-refractivity contribution in [2.75, 3.05) is 61.4 Å². The molecule has 2 aromatic heterocycles. The number of allylic oxidation sites excluding steroid dienone is 1. The lowest BCUT2D eigenvalue weighted by Gasteiger charge is -2.36. The van der Waals surface area contributed by atoms with Crippen LogP contribution >= 0.6 is 0 Å². The number of benzene rings is 2. The van der Waals surface area contributed by atoms with Crippen LogP contribution in [-0.2, 0) is 17.6 Å². The van der Waals surface area contributed by atoms with Crippen LogP contribution in [0.4, 0.5) is 23.0 Å². The number of carbonyl (C=O) groups excluding carboxylic acids is 1. The van der Waals surface area contributed by atoms with Gasteiger partial charge in [-0.3, -0.25) is 20.0 Å². The Hall–Kier alpha value is -5.13. The molecule has 0 spiro atoms. The maximum Gasteiger partial charge on any atom is 0.227 e. The van der Waals surface area contributed by atoms with Gasteiger partial charge in [0.1, 0.15) is 29.9 Å². The Labute approximate surface area is 321 Å². The van der Waals surface area contributed by atoms with Gasteiger partial charge in [-0.05, 0) is 92.8 Å². The third-order valence-corrected chi connectivity index (χ3v) is 10.3. The molecule has 11 nitrogen and oxygen atoms in total. The fraction of sp³-hybridized carbons (Fsp3) is 0.419. The monoisotopic (exact) mass is 728 g/mol. The van der Waals surface area contributed by atoms with E-state index in [0.717, 1.165) is 85.5 Å². The van der Waals surface area contributed by atoms with Gasteiger partial charge in [-0.2, -0.15) is 0 Å². The molecule has 4 aromatic rings. The number of nitrogens with one attached hydrogen (secondary N) is 3. The zero-order chi connectivity index (χ0) is 38.2. The molecule has 6 rings (SSSR count). The number of amides is 1. The molecule has 0 saturated carbocycles. The molecule has 1 unspecified atom stereocenters. The molecular formula is C43H56N10O. The van der Waals surface area contributed by atoms with Gasteiger partial charge in [0.05, 0.1) is 17.6 Å². The average molecular weight is 729 g/mol. The molecular weight excluding hydrogens is 673 g/mol. The van der Waals surface area contributed by atoms with Crippen LogP contribution in [-0.4, -0.2) is 84.0 Å². The maximum atomic E-state index is 11.8. The minimum atomic E-state index is 0.0489.